The van der Waals surface area contributed by atoms with Gasteiger partial charge in [0.15, 0.2) is 19.0 Å². The Morgan fingerprint density at radius 3 is 1.44 bits per heavy atom. The first-order chi connectivity index (χ1) is 42.9. The van der Waals surface area contributed by atoms with E-state index in [2.05, 4.69) is 41.4 Å². The normalized spacial score (nSPS) is 21.6. The summed E-state index contributed by atoms with van der Waals surface area (Å²) in [5, 5.41) is 30.9. The summed E-state index contributed by atoms with van der Waals surface area (Å²) in [4.78, 5) is 107. The summed E-state index contributed by atoms with van der Waals surface area (Å²) in [5.74, 6) is 0.280. The lowest BCUT2D eigenvalue weighted by Crippen LogP contribution is -2.49. The molecule has 30 heteroatoms. The lowest BCUT2D eigenvalue weighted by molar-refractivity contribution is -0.161. The molecule has 7 amide bonds. The van der Waals surface area contributed by atoms with Crippen molar-refractivity contribution in [3.05, 3.63) is 160 Å². The van der Waals surface area contributed by atoms with Crippen LogP contribution in [-0.2, 0) is 79.5 Å². The van der Waals surface area contributed by atoms with Crippen LogP contribution in [-0.4, -0.2) is 176 Å². The highest BCUT2D eigenvalue weighted by molar-refractivity contribution is 6.04. The number of amides is 7. The van der Waals surface area contributed by atoms with Crippen LogP contribution >= 0.6 is 0 Å². The molecule has 7 aliphatic heterocycles. The first-order valence-electron chi connectivity index (χ1n) is 28.7. The minimum atomic E-state index is -0.616. The largest absolute Gasteiger partial charge is 0.458 e. The highest BCUT2D eigenvalue weighted by Gasteiger charge is 2.55. The molecule has 3 N–H and O–H groups in total. The standard InChI is InChI=1S/C23H30N6O5.C19H20N6O4.C17H20N6O3/c1-23(2,3)34-18(30)14-32-26-21(24-4)20-19-16(11-25-27(19)5)17-12-28(20)22(31)29(17)33-13-15-9-7-6-8-10-15;1-22-15(26)11-28-21-18(22)17-16-13(8-20-23(16)2)14-9-24(17)19(27)25(14)29-10-12-6-4-3-5-7-12;1-18-16(20-25)15-14-12(8-19-21(14)2)13-9-22(15)17(24)23(13)26-10-11-6-4-3-5-7-11/h6-11,17,20H,12-14H2,1-5H3,(H,24,26);3-8,14,17H,9-11H2,1-2H3;3-8,13,15,25H,9-10H2,1-2H3,(H,18,20)/t17-,20-;14-,17-;13-,15-/m000/s1. The number of carbonyl (C=O) groups excluding carboxylic acids is 5. The Morgan fingerprint density at radius 1 is 0.607 bits per heavy atom. The van der Waals surface area contributed by atoms with Crippen LogP contribution in [0.2, 0.25) is 0 Å². The smallest absolute Gasteiger partial charge is 0.345 e. The van der Waals surface area contributed by atoms with E-state index >= 15 is 0 Å². The first-order valence-corrected chi connectivity index (χ1v) is 28.7. The predicted octanol–water partition coefficient (Wildman–Crippen LogP) is 4.86. The fourth-order valence-electron chi connectivity index (χ4n) is 11.8. The monoisotopic (exact) mass is 1220 g/mol. The second-order valence-electron chi connectivity index (χ2n) is 22.6. The molecule has 30 nitrogen and oxygen atoms in total. The number of benzene rings is 3. The van der Waals surface area contributed by atoms with Gasteiger partial charge in [-0.2, -0.15) is 30.5 Å². The van der Waals surface area contributed by atoms with Crippen molar-refractivity contribution in [3.8, 4) is 0 Å². The van der Waals surface area contributed by atoms with Gasteiger partial charge in [-0.1, -0.05) is 96.2 Å². The summed E-state index contributed by atoms with van der Waals surface area (Å²) >= 11 is 0. The van der Waals surface area contributed by atoms with Crippen LogP contribution < -0.4 is 11.0 Å². The van der Waals surface area contributed by atoms with Gasteiger partial charge in [0.05, 0.1) is 55.3 Å². The third-order valence-corrected chi connectivity index (χ3v) is 15.9. The predicted molar refractivity (Wildman–Crippen MR) is 314 cm³/mol. The van der Waals surface area contributed by atoms with Gasteiger partial charge < -0.3 is 24.3 Å². The van der Waals surface area contributed by atoms with Crippen LogP contribution in [0.25, 0.3) is 0 Å². The van der Waals surface area contributed by atoms with E-state index in [0.717, 1.165) is 50.5 Å². The summed E-state index contributed by atoms with van der Waals surface area (Å²) in [6.45, 7) is 7.02. The number of hydroxylamine groups is 8. The molecule has 0 radical (unpaired) electrons. The summed E-state index contributed by atoms with van der Waals surface area (Å²) < 4.78 is 10.4. The molecular weight excluding hydrogens is 1150 g/mol. The Balaban J connectivity index is 0.000000139. The number of aryl methyl sites for hydroxylation is 3. The topological polar surface area (TPSA) is 298 Å². The molecule has 3 fully saturated rings. The summed E-state index contributed by atoms with van der Waals surface area (Å²) in [7, 11) is 10.2. The number of aromatic nitrogens is 6. The number of fused-ring (bicyclic) bond motifs is 12. The minimum Gasteiger partial charge on any atom is -0.458 e. The van der Waals surface area contributed by atoms with Gasteiger partial charge in [-0.3, -0.25) is 69.2 Å². The van der Waals surface area contributed by atoms with Gasteiger partial charge in [-0.15, -0.1) is 0 Å². The van der Waals surface area contributed by atoms with E-state index in [4.69, 9.17) is 28.9 Å². The summed E-state index contributed by atoms with van der Waals surface area (Å²) in [5.41, 5.74) is 12.2. The van der Waals surface area contributed by atoms with Crippen molar-refractivity contribution >= 4 is 47.5 Å². The molecule has 13 rings (SSSR count). The molecule has 0 unspecified atom stereocenters. The highest BCUT2D eigenvalue weighted by atomic mass is 16.7. The first kappa shape index (κ1) is 60.9. The van der Waals surface area contributed by atoms with E-state index in [1.54, 1.807) is 89.2 Å². The molecule has 10 heterocycles. The van der Waals surface area contributed by atoms with Crippen molar-refractivity contribution < 1.29 is 58.1 Å². The number of amidine groups is 3. The molecule has 6 bridgehead atoms. The molecule has 3 aromatic carbocycles. The van der Waals surface area contributed by atoms with Crippen LogP contribution in [0.3, 0.4) is 0 Å². The highest BCUT2D eigenvalue weighted by Crippen LogP contribution is 2.47. The number of hydrogen-bond acceptors (Lipinski definition) is 18. The van der Waals surface area contributed by atoms with Gasteiger partial charge in [-0.05, 0) is 37.5 Å². The van der Waals surface area contributed by atoms with E-state index in [9.17, 15) is 29.2 Å². The maximum absolute atomic E-state index is 13.4. The Kier molecular flexibility index (Phi) is 17.5. The van der Waals surface area contributed by atoms with Gasteiger partial charge in [0.2, 0.25) is 0 Å². The Bertz CT molecular complexity index is 3680. The molecule has 468 valence electrons. The summed E-state index contributed by atoms with van der Waals surface area (Å²) in [6, 6.07) is 25.7. The number of hydrogen-bond donors (Lipinski definition) is 3. The van der Waals surface area contributed by atoms with Gasteiger partial charge in [0.1, 0.15) is 73.3 Å². The molecule has 89 heavy (non-hydrogen) atoms. The molecule has 0 saturated carbocycles. The zero-order valence-electron chi connectivity index (χ0n) is 50.6. The maximum Gasteiger partial charge on any atom is 0.345 e. The molecule has 0 aliphatic carbocycles. The minimum absolute atomic E-state index is 0.117. The van der Waals surface area contributed by atoms with E-state index in [-0.39, 0.29) is 74.4 Å². The Morgan fingerprint density at radius 2 is 1.01 bits per heavy atom. The van der Waals surface area contributed by atoms with Gasteiger partial charge in [-0.25, -0.2) is 19.2 Å². The van der Waals surface area contributed by atoms with E-state index in [1.807, 2.05) is 112 Å². The van der Waals surface area contributed by atoms with Crippen LogP contribution in [0.5, 0.6) is 0 Å². The molecule has 0 spiro atoms. The number of likely N-dealkylation sites (N-methyl/N-ethyl adjacent to an activating group) is 1. The number of nitrogens with zero attached hydrogens (tertiary/aromatic N) is 16. The number of aliphatic imine (C=N–C) groups is 2. The number of oxime groups is 1. The lowest BCUT2D eigenvalue weighted by Gasteiger charge is -2.35. The van der Waals surface area contributed by atoms with E-state index < -0.39 is 29.7 Å². The van der Waals surface area contributed by atoms with Gasteiger partial charge >= 0.3 is 24.1 Å². The second-order valence-corrected chi connectivity index (χ2v) is 22.6. The zero-order chi connectivity index (χ0) is 62.8. The van der Waals surface area contributed by atoms with Crippen LogP contribution in [0.1, 0.15) is 107 Å². The molecule has 6 aromatic rings. The number of carbonyl (C=O) groups is 5. The van der Waals surface area contributed by atoms with Crippen molar-refractivity contribution in [2.45, 2.75) is 82.4 Å². The number of rotatable bonds is 15. The average molecular weight is 1220 g/mol. The Hall–Kier alpha value is -9.75. The number of esters is 1. The number of ether oxygens (including phenoxy) is 1. The van der Waals surface area contributed by atoms with Crippen molar-refractivity contribution in [1.29, 1.82) is 0 Å². The van der Waals surface area contributed by atoms with E-state index in [0.29, 0.717) is 37.9 Å². The Labute approximate surface area is 511 Å². The number of nitrogens with one attached hydrogen (secondary N) is 2. The molecule has 6 atom stereocenters. The quantitative estimate of drug-likeness (QED) is 0.0535. The maximum atomic E-state index is 13.4. The van der Waals surface area contributed by atoms with Gasteiger partial charge in [0, 0.05) is 59.0 Å². The summed E-state index contributed by atoms with van der Waals surface area (Å²) in [6.07, 6.45) is 5.23. The van der Waals surface area contributed by atoms with Crippen molar-refractivity contribution in [3.63, 3.8) is 0 Å². The van der Waals surface area contributed by atoms with Crippen molar-refractivity contribution in [1.82, 2.24) is 75.1 Å². The van der Waals surface area contributed by atoms with Crippen molar-refractivity contribution in [2.24, 2.45) is 36.3 Å². The molecular formula is C59H70N18O12. The second kappa shape index (κ2) is 25.5. The SMILES string of the molecule is CN1C(=O)CON=C1[C@@H]1c2c(cnn2C)[C@@H]2CN1C(=O)N2OCc1ccccc1.CN=C(NO)[C@@H]1c2c(cnn2C)[C@@H]2CN1C(=O)N2OCc1ccccc1.CN=C(NOCC(=O)OC(C)(C)C)[C@@H]1c2c(cnn2C)[C@@H]2CN1C(=O)N2OCc1ccccc1. The molecule has 3 saturated heterocycles. The van der Waals surface area contributed by atoms with Crippen LogP contribution in [0.15, 0.2) is 125 Å². The van der Waals surface area contributed by atoms with Gasteiger partial charge in [0.25, 0.3) is 5.91 Å². The fraction of sp³-hybridized carbons (Fsp3) is 0.407. The van der Waals surface area contributed by atoms with E-state index in [1.165, 1.54) is 20.1 Å². The lowest BCUT2D eigenvalue weighted by atomic mass is 9.96. The van der Waals surface area contributed by atoms with Crippen LogP contribution in [0.4, 0.5) is 14.4 Å². The number of urea groups is 3. The third-order valence-electron chi connectivity index (χ3n) is 15.9. The average Bonchev–Trinajstić information content (AvgIpc) is 1.62. The molecule has 3 aromatic heterocycles. The molecule has 7 aliphatic rings. The fourth-order valence-corrected chi connectivity index (χ4v) is 11.8. The zero-order valence-corrected chi connectivity index (χ0v) is 50.6. The van der Waals surface area contributed by atoms with Crippen molar-refractivity contribution in [2.75, 3.05) is 54.0 Å². The third kappa shape index (κ3) is 11.9. The van der Waals surface area contributed by atoms with Crippen LogP contribution in [0, 0.1) is 0 Å².